The maximum absolute atomic E-state index is 12.3. The number of halogens is 1. The summed E-state index contributed by atoms with van der Waals surface area (Å²) in [4.78, 5) is 23.4. The zero-order valence-corrected chi connectivity index (χ0v) is 16.6. The maximum Gasteiger partial charge on any atom is 0.258 e. The number of carbonyl (C=O) groups excluding carboxylic acids is 2. The molecule has 0 spiro atoms. The van der Waals surface area contributed by atoms with Crippen LogP contribution in [0, 0.1) is 6.92 Å². The second-order valence-corrected chi connectivity index (χ2v) is 6.72. The Morgan fingerprint density at radius 3 is 2.50 bits per heavy atom. The molecule has 6 heteroatoms. The van der Waals surface area contributed by atoms with E-state index in [0.29, 0.717) is 27.8 Å². The van der Waals surface area contributed by atoms with Crippen molar-refractivity contribution < 1.29 is 19.1 Å². The number of methoxy groups -OCH3 is 1. The topological polar surface area (TPSA) is 64.6 Å². The molecule has 0 saturated carbocycles. The molecule has 0 aliphatic rings. The molecule has 0 aliphatic heterocycles. The molecule has 0 saturated heterocycles. The van der Waals surface area contributed by atoms with Crippen LogP contribution < -0.4 is 14.8 Å². The van der Waals surface area contributed by atoms with Crippen molar-refractivity contribution in [3.05, 3.63) is 57.6 Å². The number of aryl methyl sites for hydroxylation is 1. The van der Waals surface area contributed by atoms with Crippen molar-refractivity contribution in [1.29, 1.82) is 0 Å². The zero-order valence-electron chi connectivity index (χ0n) is 15.0. The summed E-state index contributed by atoms with van der Waals surface area (Å²) in [6, 6.07) is 11.2. The molecule has 2 aromatic carbocycles. The first-order chi connectivity index (χ1) is 12.5. The van der Waals surface area contributed by atoms with Gasteiger partial charge >= 0.3 is 0 Å². The Balaban J connectivity index is 2.03. The van der Waals surface area contributed by atoms with Crippen molar-refractivity contribution in [3.8, 4) is 11.5 Å². The first kappa shape index (κ1) is 20.0. The summed E-state index contributed by atoms with van der Waals surface area (Å²) < 4.78 is 11.4. The lowest BCUT2D eigenvalue weighted by molar-refractivity contribution is -0.123. The van der Waals surface area contributed by atoms with Crippen LogP contribution in [0.4, 0.5) is 0 Å². The Labute approximate surface area is 161 Å². The van der Waals surface area contributed by atoms with Crippen LogP contribution in [0.5, 0.6) is 11.5 Å². The van der Waals surface area contributed by atoms with Crippen molar-refractivity contribution in [2.45, 2.75) is 26.3 Å². The van der Waals surface area contributed by atoms with E-state index in [1.165, 1.54) is 12.7 Å². The first-order valence-electron chi connectivity index (χ1n) is 8.29. The zero-order chi connectivity index (χ0) is 19.1. The monoisotopic (exact) mass is 419 g/mol. The minimum Gasteiger partial charge on any atom is -0.493 e. The number of ether oxygens (including phenoxy) is 2. The van der Waals surface area contributed by atoms with E-state index in [1.807, 2.05) is 38.1 Å². The van der Waals surface area contributed by atoms with E-state index in [4.69, 9.17) is 9.47 Å². The van der Waals surface area contributed by atoms with Gasteiger partial charge in [-0.2, -0.15) is 0 Å². The van der Waals surface area contributed by atoms with Crippen LogP contribution in [-0.2, 0) is 4.79 Å². The van der Waals surface area contributed by atoms with Gasteiger partial charge < -0.3 is 14.8 Å². The molecule has 0 radical (unpaired) electrons. The van der Waals surface area contributed by atoms with Gasteiger partial charge in [0, 0.05) is 10.0 Å². The van der Waals surface area contributed by atoms with Gasteiger partial charge in [0.05, 0.1) is 13.2 Å². The molecule has 26 heavy (non-hydrogen) atoms. The van der Waals surface area contributed by atoms with Gasteiger partial charge in [0.15, 0.2) is 24.4 Å². The highest BCUT2D eigenvalue weighted by Crippen LogP contribution is 2.32. The van der Waals surface area contributed by atoms with Crippen molar-refractivity contribution in [2.75, 3.05) is 13.7 Å². The van der Waals surface area contributed by atoms with E-state index < -0.39 is 0 Å². The summed E-state index contributed by atoms with van der Waals surface area (Å²) in [6.45, 7) is 3.87. The van der Waals surface area contributed by atoms with Crippen molar-refractivity contribution in [2.24, 2.45) is 0 Å². The number of hydrogen-bond donors (Lipinski definition) is 1. The first-order valence-corrected chi connectivity index (χ1v) is 9.09. The molecule has 1 N–H and O–H groups in total. The number of benzene rings is 2. The average molecular weight is 420 g/mol. The van der Waals surface area contributed by atoms with Crippen molar-refractivity contribution in [3.63, 3.8) is 0 Å². The Hall–Kier alpha value is -2.34. The van der Waals surface area contributed by atoms with E-state index in [-0.39, 0.29) is 18.6 Å². The molecule has 0 fully saturated rings. The third-order valence-corrected chi connectivity index (χ3v) is 4.68. The lowest BCUT2D eigenvalue weighted by atomic mass is 10.0. The lowest BCUT2D eigenvalue weighted by Gasteiger charge is -2.18. The van der Waals surface area contributed by atoms with Crippen molar-refractivity contribution in [1.82, 2.24) is 5.32 Å². The fourth-order valence-corrected chi connectivity index (χ4v) is 2.93. The summed E-state index contributed by atoms with van der Waals surface area (Å²) in [5.74, 6) is 0.548. The molecule has 2 rings (SSSR count). The van der Waals surface area contributed by atoms with Crippen LogP contribution in [0.15, 0.2) is 40.9 Å². The SMILES string of the molecule is CC[C@@H](NC(=O)COc1cc(C=O)c(Br)cc1OC)c1ccc(C)cc1. The van der Waals surface area contributed by atoms with Gasteiger partial charge in [-0.15, -0.1) is 0 Å². The molecule has 138 valence electrons. The predicted octanol–water partition coefficient (Wildman–Crippen LogP) is 4.22. The van der Waals surface area contributed by atoms with Gasteiger partial charge in [-0.25, -0.2) is 0 Å². The lowest BCUT2D eigenvalue weighted by Crippen LogP contribution is -2.32. The van der Waals surface area contributed by atoms with Gasteiger partial charge in [-0.3, -0.25) is 9.59 Å². The molecule has 2 aromatic rings. The van der Waals surface area contributed by atoms with Crippen LogP contribution >= 0.6 is 15.9 Å². The molecule has 1 amide bonds. The minimum absolute atomic E-state index is 0.0796. The van der Waals surface area contributed by atoms with E-state index in [2.05, 4.69) is 21.2 Å². The van der Waals surface area contributed by atoms with E-state index in [1.54, 1.807) is 12.1 Å². The molecule has 0 aromatic heterocycles. The normalized spacial score (nSPS) is 11.5. The molecule has 1 atom stereocenters. The molecular weight excluding hydrogens is 398 g/mol. The highest BCUT2D eigenvalue weighted by Gasteiger charge is 2.15. The second-order valence-electron chi connectivity index (χ2n) is 5.87. The Bertz CT molecular complexity index is 774. The van der Waals surface area contributed by atoms with Gasteiger partial charge in [0.25, 0.3) is 5.91 Å². The number of carbonyl (C=O) groups is 2. The van der Waals surface area contributed by atoms with Gasteiger partial charge in [-0.05, 0) is 47.0 Å². The number of hydrogen-bond acceptors (Lipinski definition) is 4. The summed E-state index contributed by atoms with van der Waals surface area (Å²) in [6.07, 6.45) is 1.48. The van der Waals surface area contributed by atoms with Crippen LogP contribution in [0.2, 0.25) is 0 Å². The summed E-state index contributed by atoms with van der Waals surface area (Å²) in [5, 5.41) is 2.97. The smallest absolute Gasteiger partial charge is 0.258 e. The second kappa shape index (κ2) is 9.38. The van der Waals surface area contributed by atoms with Crippen LogP contribution in [0.25, 0.3) is 0 Å². The van der Waals surface area contributed by atoms with Gasteiger partial charge in [0.2, 0.25) is 0 Å². The quantitative estimate of drug-likeness (QED) is 0.650. The number of aldehydes is 1. The maximum atomic E-state index is 12.3. The largest absolute Gasteiger partial charge is 0.493 e. The van der Waals surface area contributed by atoms with Crippen LogP contribution in [0.1, 0.15) is 40.9 Å². The van der Waals surface area contributed by atoms with E-state index >= 15 is 0 Å². The fraction of sp³-hybridized carbons (Fsp3) is 0.300. The number of nitrogens with one attached hydrogen (secondary N) is 1. The Kier molecular flexibility index (Phi) is 7.21. The molecule has 0 bridgehead atoms. The molecule has 0 aliphatic carbocycles. The van der Waals surface area contributed by atoms with Crippen LogP contribution in [-0.4, -0.2) is 25.9 Å². The van der Waals surface area contributed by atoms with E-state index in [9.17, 15) is 9.59 Å². The third kappa shape index (κ3) is 5.08. The number of rotatable bonds is 8. The van der Waals surface area contributed by atoms with Crippen LogP contribution in [0.3, 0.4) is 0 Å². The Morgan fingerprint density at radius 1 is 1.23 bits per heavy atom. The van der Waals surface area contributed by atoms with E-state index in [0.717, 1.165) is 12.0 Å². The molecule has 0 unspecified atom stereocenters. The molecule has 5 nitrogen and oxygen atoms in total. The summed E-state index contributed by atoms with van der Waals surface area (Å²) >= 11 is 3.29. The Morgan fingerprint density at radius 2 is 1.92 bits per heavy atom. The average Bonchev–Trinajstić information content (AvgIpc) is 2.65. The predicted molar refractivity (Wildman–Crippen MR) is 104 cm³/mol. The highest BCUT2D eigenvalue weighted by atomic mass is 79.9. The van der Waals surface area contributed by atoms with Crippen molar-refractivity contribution >= 4 is 28.1 Å². The number of amides is 1. The third-order valence-electron chi connectivity index (χ3n) is 3.99. The van der Waals surface area contributed by atoms with Gasteiger partial charge in [-0.1, -0.05) is 36.8 Å². The minimum atomic E-state index is -0.241. The highest BCUT2D eigenvalue weighted by molar-refractivity contribution is 9.10. The molecular formula is C20H22BrNO4. The summed E-state index contributed by atoms with van der Waals surface area (Å²) in [7, 11) is 1.50. The fourth-order valence-electron chi connectivity index (χ4n) is 2.51. The molecule has 0 heterocycles. The van der Waals surface area contributed by atoms with Gasteiger partial charge in [0.1, 0.15) is 0 Å². The standard InChI is InChI=1S/C20H22BrNO4/c1-4-17(14-7-5-13(2)6-8-14)22-20(24)12-26-19-9-15(11-23)16(21)10-18(19)25-3/h5-11,17H,4,12H2,1-3H3,(H,22,24)/t17-/m1/s1. The summed E-state index contributed by atoms with van der Waals surface area (Å²) in [5.41, 5.74) is 2.65.